The molecule has 0 fully saturated rings. The zero-order valence-corrected chi connectivity index (χ0v) is 9.64. The number of halogens is 1. The first kappa shape index (κ1) is 12.5. The Balaban J connectivity index is 2.27. The van der Waals surface area contributed by atoms with Crippen LogP contribution in [0.5, 0.6) is 11.5 Å². The van der Waals surface area contributed by atoms with Crippen molar-refractivity contribution in [3.63, 3.8) is 0 Å². The topological polar surface area (TPSA) is 49.7 Å². The van der Waals surface area contributed by atoms with E-state index in [-0.39, 0.29) is 13.2 Å². The van der Waals surface area contributed by atoms with Crippen molar-refractivity contribution in [3.05, 3.63) is 59.4 Å². The van der Waals surface area contributed by atoms with E-state index in [9.17, 15) is 4.39 Å². The van der Waals surface area contributed by atoms with Crippen molar-refractivity contribution in [1.29, 1.82) is 0 Å². The van der Waals surface area contributed by atoms with Crippen molar-refractivity contribution in [1.82, 2.24) is 0 Å². The molecule has 0 saturated heterocycles. The zero-order valence-electron chi connectivity index (χ0n) is 9.64. The maximum Gasteiger partial charge on any atom is 0.133 e. The second kappa shape index (κ2) is 5.62. The van der Waals surface area contributed by atoms with Crippen LogP contribution in [0.2, 0.25) is 0 Å². The van der Waals surface area contributed by atoms with Gasteiger partial charge in [-0.05, 0) is 35.9 Å². The van der Waals surface area contributed by atoms with Crippen LogP contribution in [0, 0.1) is 5.82 Å². The quantitative estimate of drug-likeness (QED) is 0.874. The van der Waals surface area contributed by atoms with Crippen LogP contribution < -0.4 is 4.74 Å². The van der Waals surface area contributed by atoms with Gasteiger partial charge in [-0.3, -0.25) is 0 Å². The summed E-state index contributed by atoms with van der Waals surface area (Å²) in [5.41, 5.74) is 1.10. The molecule has 0 aliphatic carbocycles. The van der Waals surface area contributed by atoms with E-state index in [1.165, 1.54) is 18.2 Å². The van der Waals surface area contributed by atoms with Crippen LogP contribution in [-0.2, 0) is 13.2 Å². The van der Waals surface area contributed by atoms with Gasteiger partial charge in [-0.1, -0.05) is 12.1 Å². The van der Waals surface area contributed by atoms with Gasteiger partial charge in [-0.2, -0.15) is 0 Å². The fraction of sp³-hybridized carbons (Fsp3) is 0.143. The van der Waals surface area contributed by atoms with Crippen LogP contribution in [0.3, 0.4) is 0 Å². The number of ether oxygens (including phenoxy) is 1. The van der Waals surface area contributed by atoms with E-state index in [0.29, 0.717) is 17.1 Å². The van der Waals surface area contributed by atoms with Gasteiger partial charge in [0.2, 0.25) is 0 Å². The molecule has 2 aromatic carbocycles. The van der Waals surface area contributed by atoms with E-state index in [1.807, 2.05) is 0 Å². The van der Waals surface area contributed by atoms with Crippen molar-refractivity contribution in [2.45, 2.75) is 13.2 Å². The van der Waals surface area contributed by atoms with Crippen molar-refractivity contribution in [2.24, 2.45) is 0 Å². The number of aliphatic hydroxyl groups is 2. The van der Waals surface area contributed by atoms with Crippen molar-refractivity contribution >= 4 is 0 Å². The first-order chi connectivity index (χ1) is 8.72. The van der Waals surface area contributed by atoms with Gasteiger partial charge >= 0.3 is 0 Å². The molecule has 4 heteroatoms. The molecule has 0 bridgehead atoms. The molecule has 0 spiro atoms. The lowest BCUT2D eigenvalue weighted by Crippen LogP contribution is -1.93. The molecule has 0 amide bonds. The van der Waals surface area contributed by atoms with Crippen molar-refractivity contribution < 1.29 is 19.3 Å². The first-order valence-electron chi connectivity index (χ1n) is 5.50. The highest BCUT2D eigenvalue weighted by Crippen LogP contribution is 2.26. The first-order valence-corrected chi connectivity index (χ1v) is 5.50. The Bertz CT molecular complexity index is 540. The Morgan fingerprint density at radius 3 is 2.56 bits per heavy atom. The third-order valence-corrected chi connectivity index (χ3v) is 2.50. The Morgan fingerprint density at radius 1 is 1.00 bits per heavy atom. The second-order valence-electron chi connectivity index (χ2n) is 3.82. The molecular formula is C14H13FO3. The lowest BCUT2D eigenvalue weighted by Gasteiger charge is -2.10. The zero-order chi connectivity index (χ0) is 13.0. The molecule has 0 heterocycles. The largest absolute Gasteiger partial charge is 0.457 e. The average Bonchev–Trinajstić information content (AvgIpc) is 2.41. The number of rotatable bonds is 4. The Hall–Kier alpha value is -1.91. The second-order valence-corrected chi connectivity index (χ2v) is 3.82. The third kappa shape index (κ3) is 2.85. The Morgan fingerprint density at radius 2 is 1.83 bits per heavy atom. The molecule has 0 saturated carbocycles. The van der Waals surface area contributed by atoms with E-state index in [1.54, 1.807) is 24.3 Å². The minimum atomic E-state index is -0.421. The molecule has 94 valence electrons. The number of benzene rings is 2. The summed E-state index contributed by atoms with van der Waals surface area (Å²) < 4.78 is 18.6. The van der Waals surface area contributed by atoms with Gasteiger partial charge in [0, 0.05) is 5.56 Å². The van der Waals surface area contributed by atoms with E-state index in [0.717, 1.165) is 5.56 Å². The van der Waals surface area contributed by atoms with Crippen LogP contribution in [0.25, 0.3) is 0 Å². The van der Waals surface area contributed by atoms with E-state index in [4.69, 9.17) is 14.9 Å². The summed E-state index contributed by atoms with van der Waals surface area (Å²) in [5.74, 6) is 0.507. The molecular weight excluding hydrogens is 235 g/mol. The van der Waals surface area contributed by atoms with Crippen molar-refractivity contribution in [3.8, 4) is 11.5 Å². The number of hydrogen-bond acceptors (Lipinski definition) is 3. The monoisotopic (exact) mass is 248 g/mol. The third-order valence-electron chi connectivity index (χ3n) is 2.50. The summed E-state index contributed by atoms with van der Waals surface area (Å²) in [7, 11) is 0. The fourth-order valence-corrected chi connectivity index (χ4v) is 1.61. The van der Waals surface area contributed by atoms with Gasteiger partial charge in [-0.15, -0.1) is 0 Å². The summed E-state index contributed by atoms with van der Waals surface area (Å²) in [4.78, 5) is 0. The van der Waals surface area contributed by atoms with Gasteiger partial charge in [-0.25, -0.2) is 4.39 Å². The molecule has 2 aromatic rings. The van der Waals surface area contributed by atoms with Crippen LogP contribution >= 0.6 is 0 Å². The standard InChI is InChI=1S/C14H13FO3/c15-12-4-5-14(11(7-12)9-17)18-13-3-1-2-10(6-13)8-16/h1-7,16-17H,8-9H2. The highest BCUT2D eigenvalue weighted by molar-refractivity contribution is 5.39. The SMILES string of the molecule is OCc1cccc(Oc2ccc(F)cc2CO)c1. The predicted octanol–water partition coefficient (Wildman–Crippen LogP) is 2.60. The van der Waals surface area contributed by atoms with Crippen LogP contribution in [0.1, 0.15) is 11.1 Å². The summed E-state index contributed by atoms with van der Waals surface area (Å²) >= 11 is 0. The minimum Gasteiger partial charge on any atom is -0.457 e. The molecule has 2 N–H and O–H groups in total. The molecule has 0 aliphatic heterocycles. The van der Waals surface area contributed by atoms with Crippen LogP contribution in [0.4, 0.5) is 4.39 Å². The maximum absolute atomic E-state index is 13.0. The van der Waals surface area contributed by atoms with Crippen LogP contribution in [-0.4, -0.2) is 10.2 Å². The molecule has 0 aliphatic rings. The van der Waals surface area contributed by atoms with E-state index in [2.05, 4.69) is 0 Å². The summed E-state index contributed by atoms with van der Waals surface area (Å²) in [6.07, 6.45) is 0. The number of hydrogen-bond donors (Lipinski definition) is 2. The predicted molar refractivity (Wildman–Crippen MR) is 64.8 cm³/mol. The number of aliphatic hydroxyl groups excluding tert-OH is 2. The maximum atomic E-state index is 13.0. The fourth-order valence-electron chi connectivity index (χ4n) is 1.61. The van der Waals surface area contributed by atoms with Gasteiger partial charge in [0.05, 0.1) is 13.2 Å². The molecule has 18 heavy (non-hydrogen) atoms. The summed E-state index contributed by atoms with van der Waals surface area (Å²) in [6, 6.07) is 10.9. The van der Waals surface area contributed by atoms with E-state index < -0.39 is 5.82 Å². The van der Waals surface area contributed by atoms with Gasteiger partial charge < -0.3 is 14.9 Å². The molecule has 0 unspecified atom stereocenters. The highest BCUT2D eigenvalue weighted by Gasteiger charge is 2.06. The smallest absolute Gasteiger partial charge is 0.133 e. The van der Waals surface area contributed by atoms with Gasteiger partial charge in [0.25, 0.3) is 0 Å². The molecule has 0 radical (unpaired) electrons. The Labute approximate surface area is 104 Å². The highest BCUT2D eigenvalue weighted by atomic mass is 19.1. The van der Waals surface area contributed by atoms with E-state index >= 15 is 0 Å². The van der Waals surface area contributed by atoms with Gasteiger partial charge in [0.1, 0.15) is 17.3 Å². The van der Waals surface area contributed by atoms with Gasteiger partial charge in [0.15, 0.2) is 0 Å². The molecule has 0 atom stereocenters. The average molecular weight is 248 g/mol. The molecule has 0 aromatic heterocycles. The molecule has 2 rings (SSSR count). The van der Waals surface area contributed by atoms with Crippen molar-refractivity contribution in [2.75, 3.05) is 0 Å². The van der Waals surface area contributed by atoms with Crippen LogP contribution in [0.15, 0.2) is 42.5 Å². The normalized spacial score (nSPS) is 10.4. The lowest BCUT2D eigenvalue weighted by atomic mass is 10.2. The lowest BCUT2D eigenvalue weighted by molar-refractivity contribution is 0.275. The summed E-state index contributed by atoms with van der Waals surface area (Å²) in [5, 5.41) is 18.2. The minimum absolute atomic E-state index is 0.0759. The Kier molecular flexibility index (Phi) is 3.92. The summed E-state index contributed by atoms with van der Waals surface area (Å²) in [6.45, 7) is -0.375. The molecule has 3 nitrogen and oxygen atoms in total.